The van der Waals surface area contributed by atoms with E-state index in [2.05, 4.69) is 55.5 Å². The Morgan fingerprint density at radius 2 is 1.43 bits per heavy atom. The van der Waals surface area contributed by atoms with E-state index in [1.807, 2.05) is 0 Å². The molecule has 0 saturated carbocycles. The molecule has 0 atom stereocenters. The normalized spacial score (nSPS) is 12.4. The molecule has 0 unspecified atom stereocenters. The van der Waals surface area contributed by atoms with Crippen molar-refractivity contribution < 1.29 is 9.90 Å². The second-order valence-electron chi connectivity index (χ2n) is 5.04. The highest BCUT2D eigenvalue weighted by Crippen LogP contribution is 2.01. The molecule has 0 fully saturated rings. The van der Waals surface area contributed by atoms with E-state index in [1.54, 1.807) is 0 Å². The van der Waals surface area contributed by atoms with Crippen LogP contribution in [0.2, 0.25) is 0 Å². The lowest BCUT2D eigenvalue weighted by atomic mass is 10.2. The lowest BCUT2D eigenvalue weighted by Crippen LogP contribution is -1.92. The molecule has 0 bridgehead atoms. The molecule has 0 radical (unpaired) electrons. The Balaban J connectivity index is 3.39. The zero-order valence-corrected chi connectivity index (χ0v) is 13.3. The van der Waals surface area contributed by atoms with Gasteiger partial charge in [-0.3, -0.25) is 4.79 Å². The van der Waals surface area contributed by atoms with Crippen molar-refractivity contribution in [3.05, 3.63) is 48.6 Å². The van der Waals surface area contributed by atoms with Crippen molar-refractivity contribution in [1.82, 2.24) is 0 Å². The van der Waals surface area contributed by atoms with Gasteiger partial charge in [0.05, 0.1) is 0 Å². The molecular formula is C19H30O2. The van der Waals surface area contributed by atoms with Gasteiger partial charge in [0, 0.05) is 6.42 Å². The largest absolute Gasteiger partial charge is 0.481 e. The van der Waals surface area contributed by atoms with Crippen LogP contribution in [0.4, 0.5) is 0 Å². The Bertz CT molecular complexity index is 349. The lowest BCUT2D eigenvalue weighted by Gasteiger charge is -1.92. The molecule has 0 heterocycles. The highest BCUT2D eigenvalue weighted by atomic mass is 16.4. The van der Waals surface area contributed by atoms with Gasteiger partial charge in [-0.2, -0.15) is 0 Å². The fourth-order valence-electron chi connectivity index (χ4n) is 1.75. The summed E-state index contributed by atoms with van der Waals surface area (Å²) in [5.41, 5.74) is 0. The summed E-state index contributed by atoms with van der Waals surface area (Å²) in [6, 6.07) is 0. The molecule has 0 aliphatic heterocycles. The van der Waals surface area contributed by atoms with E-state index in [4.69, 9.17) is 5.11 Å². The molecule has 0 aromatic carbocycles. The number of hydrogen-bond donors (Lipinski definition) is 1. The van der Waals surface area contributed by atoms with Gasteiger partial charge in [0.1, 0.15) is 0 Å². The van der Waals surface area contributed by atoms with Gasteiger partial charge < -0.3 is 5.11 Å². The highest BCUT2D eigenvalue weighted by Gasteiger charge is 1.93. The molecule has 0 aromatic rings. The van der Waals surface area contributed by atoms with Crippen molar-refractivity contribution in [3.63, 3.8) is 0 Å². The number of carbonyl (C=O) groups is 1. The number of aliphatic carboxylic acids is 1. The molecule has 0 rings (SSSR count). The third-order valence-electron chi connectivity index (χ3n) is 2.96. The summed E-state index contributed by atoms with van der Waals surface area (Å²) in [5.74, 6) is -0.701. The second kappa shape index (κ2) is 16.5. The first kappa shape index (κ1) is 19.4. The number of allylic oxidation sites excluding steroid dienone is 8. The average molecular weight is 290 g/mol. The van der Waals surface area contributed by atoms with Crippen LogP contribution in [-0.2, 0) is 4.79 Å². The molecule has 1 N–H and O–H groups in total. The number of carboxylic acids is 1. The smallest absolute Gasteiger partial charge is 0.303 e. The summed E-state index contributed by atoms with van der Waals surface area (Å²) in [5, 5.41) is 8.49. The summed E-state index contributed by atoms with van der Waals surface area (Å²) in [6.45, 7) is 2.19. The Morgan fingerprint density at radius 3 is 2.10 bits per heavy atom. The van der Waals surface area contributed by atoms with E-state index >= 15 is 0 Å². The Kier molecular flexibility index (Phi) is 15.3. The van der Waals surface area contributed by atoms with Gasteiger partial charge in [0.25, 0.3) is 0 Å². The van der Waals surface area contributed by atoms with Crippen LogP contribution in [0.5, 0.6) is 0 Å². The van der Waals surface area contributed by atoms with Crippen molar-refractivity contribution in [3.8, 4) is 0 Å². The van der Waals surface area contributed by atoms with E-state index in [1.165, 1.54) is 12.8 Å². The molecule has 0 aliphatic carbocycles. The van der Waals surface area contributed by atoms with E-state index < -0.39 is 5.97 Å². The molecule has 0 aromatic heterocycles. The van der Waals surface area contributed by atoms with Gasteiger partial charge in [-0.05, 0) is 44.9 Å². The van der Waals surface area contributed by atoms with Crippen LogP contribution in [0.3, 0.4) is 0 Å². The fraction of sp³-hybridized carbons (Fsp3) is 0.526. The van der Waals surface area contributed by atoms with Crippen molar-refractivity contribution in [2.24, 2.45) is 0 Å². The molecule has 2 heteroatoms. The third-order valence-corrected chi connectivity index (χ3v) is 2.96. The standard InChI is InChI=1S/C19H30O2/c1-2-3-4-5-6-7-8-9-10-11-12-13-14-15-16-17-18-19(20)21/h4-5,7-8,11-14H,2-3,6,9-10,15-18H2,1H3,(H,20,21)/b5-4-,8-7-,12-11+,14-13-. The van der Waals surface area contributed by atoms with Crippen molar-refractivity contribution in [2.45, 2.75) is 64.7 Å². The van der Waals surface area contributed by atoms with Crippen molar-refractivity contribution >= 4 is 5.97 Å². The molecule has 2 nitrogen and oxygen atoms in total. The summed E-state index contributed by atoms with van der Waals surface area (Å²) in [7, 11) is 0. The first-order valence-corrected chi connectivity index (χ1v) is 8.10. The minimum Gasteiger partial charge on any atom is -0.481 e. The first-order valence-electron chi connectivity index (χ1n) is 8.10. The predicted octanol–water partition coefficient (Wildman–Crippen LogP) is 5.83. The van der Waals surface area contributed by atoms with Crippen LogP contribution < -0.4 is 0 Å². The Morgan fingerprint density at radius 1 is 0.810 bits per heavy atom. The Hall–Kier alpha value is -1.57. The van der Waals surface area contributed by atoms with Gasteiger partial charge >= 0.3 is 5.97 Å². The van der Waals surface area contributed by atoms with Crippen LogP contribution in [-0.4, -0.2) is 11.1 Å². The monoisotopic (exact) mass is 290 g/mol. The highest BCUT2D eigenvalue weighted by molar-refractivity contribution is 5.66. The van der Waals surface area contributed by atoms with E-state index in [0.717, 1.165) is 38.5 Å². The number of unbranched alkanes of at least 4 members (excludes halogenated alkanes) is 4. The maximum absolute atomic E-state index is 10.3. The third kappa shape index (κ3) is 18.4. The van der Waals surface area contributed by atoms with Gasteiger partial charge in [-0.15, -0.1) is 0 Å². The lowest BCUT2D eigenvalue weighted by molar-refractivity contribution is -0.137. The minimum absolute atomic E-state index is 0.281. The number of carboxylic acid groups (broad SMARTS) is 1. The summed E-state index contributed by atoms with van der Waals surface area (Å²) in [6.07, 6.45) is 25.9. The van der Waals surface area contributed by atoms with Crippen molar-refractivity contribution in [2.75, 3.05) is 0 Å². The molecule has 0 aliphatic rings. The van der Waals surface area contributed by atoms with Crippen LogP contribution in [0.1, 0.15) is 64.7 Å². The molecule has 0 spiro atoms. The summed E-state index contributed by atoms with van der Waals surface area (Å²) >= 11 is 0. The van der Waals surface area contributed by atoms with Crippen LogP contribution >= 0.6 is 0 Å². The number of rotatable bonds is 13. The second-order valence-corrected chi connectivity index (χ2v) is 5.04. The Labute approximate surface area is 130 Å². The number of hydrogen-bond acceptors (Lipinski definition) is 1. The molecular weight excluding hydrogens is 260 g/mol. The zero-order valence-electron chi connectivity index (χ0n) is 13.3. The minimum atomic E-state index is -0.701. The molecule has 0 amide bonds. The first-order chi connectivity index (χ1) is 10.3. The van der Waals surface area contributed by atoms with Gasteiger partial charge in [0.2, 0.25) is 0 Å². The van der Waals surface area contributed by atoms with E-state index in [9.17, 15) is 4.79 Å². The quantitative estimate of drug-likeness (QED) is 0.263. The fourth-order valence-corrected chi connectivity index (χ4v) is 1.75. The van der Waals surface area contributed by atoms with Gasteiger partial charge in [-0.1, -0.05) is 62.0 Å². The van der Waals surface area contributed by atoms with Gasteiger partial charge in [0.15, 0.2) is 0 Å². The summed E-state index contributed by atoms with van der Waals surface area (Å²) < 4.78 is 0. The molecule has 21 heavy (non-hydrogen) atoms. The van der Waals surface area contributed by atoms with E-state index in [0.29, 0.717) is 0 Å². The topological polar surface area (TPSA) is 37.3 Å². The maximum Gasteiger partial charge on any atom is 0.303 e. The van der Waals surface area contributed by atoms with Crippen LogP contribution in [0, 0.1) is 0 Å². The van der Waals surface area contributed by atoms with Crippen LogP contribution in [0.15, 0.2) is 48.6 Å². The average Bonchev–Trinajstić information content (AvgIpc) is 2.46. The van der Waals surface area contributed by atoms with Gasteiger partial charge in [-0.25, -0.2) is 0 Å². The zero-order chi connectivity index (χ0) is 15.6. The molecule has 0 saturated heterocycles. The SMILES string of the molecule is CCC/C=C\C/C=C\CC/C=C/C=C\CCCCC(=O)O. The van der Waals surface area contributed by atoms with Crippen LogP contribution in [0.25, 0.3) is 0 Å². The van der Waals surface area contributed by atoms with E-state index in [-0.39, 0.29) is 6.42 Å². The molecule has 118 valence electrons. The summed E-state index contributed by atoms with van der Waals surface area (Å²) in [4.78, 5) is 10.3. The van der Waals surface area contributed by atoms with Crippen molar-refractivity contribution in [1.29, 1.82) is 0 Å². The maximum atomic E-state index is 10.3. The predicted molar refractivity (Wildman–Crippen MR) is 91.4 cm³/mol.